The Balaban J connectivity index is 1.50. The molecular weight excluding hydrogens is 364 g/mol. The van der Waals surface area contributed by atoms with Gasteiger partial charge in [-0.2, -0.15) is 0 Å². The molecule has 3 heterocycles. The Morgan fingerprint density at radius 1 is 1.24 bits per heavy atom. The fraction of sp³-hybridized carbons (Fsp3) is 0.667. The molecule has 3 fully saturated rings. The lowest BCUT2D eigenvalue weighted by molar-refractivity contribution is -0.191. The van der Waals surface area contributed by atoms with Gasteiger partial charge in [0.1, 0.15) is 17.6 Å². The summed E-state index contributed by atoms with van der Waals surface area (Å²) in [6.45, 7) is 6.35. The Morgan fingerprint density at radius 3 is 2.79 bits per heavy atom. The Bertz CT molecular complexity index is 823. The van der Waals surface area contributed by atoms with Gasteiger partial charge in [0.05, 0.1) is 12.7 Å². The summed E-state index contributed by atoms with van der Waals surface area (Å²) >= 11 is 0. The van der Waals surface area contributed by atoms with Gasteiger partial charge in [-0.1, -0.05) is 44.2 Å². The molecule has 1 aromatic carbocycles. The number of likely N-dealkylation sites (tertiary alicyclic amines) is 1. The van der Waals surface area contributed by atoms with Crippen LogP contribution in [0, 0.1) is 23.2 Å². The van der Waals surface area contributed by atoms with Gasteiger partial charge in [0.15, 0.2) is 5.90 Å². The van der Waals surface area contributed by atoms with E-state index in [2.05, 4.69) is 26.0 Å². The molecule has 5 nitrogen and oxygen atoms in total. The number of hydrogen-bond acceptors (Lipinski definition) is 4. The topological polar surface area (TPSA) is 51.1 Å². The van der Waals surface area contributed by atoms with Crippen LogP contribution in [-0.2, 0) is 20.9 Å². The average molecular weight is 397 g/mol. The zero-order valence-corrected chi connectivity index (χ0v) is 17.8. The maximum Gasteiger partial charge on any atom is 0.233 e. The van der Waals surface area contributed by atoms with Crippen LogP contribution >= 0.6 is 0 Å². The Morgan fingerprint density at radius 2 is 2.03 bits per heavy atom. The highest BCUT2D eigenvalue weighted by atomic mass is 16.5. The first-order chi connectivity index (χ1) is 14.0. The minimum Gasteiger partial charge on any atom is -0.476 e. The van der Waals surface area contributed by atoms with E-state index in [0.29, 0.717) is 31.0 Å². The Labute approximate surface area is 173 Å². The highest BCUT2D eigenvalue weighted by Gasteiger charge is 2.82. The van der Waals surface area contributed by atoms with Crippen LogP contribution in [0.25, 0.3) is 0 Å². The Kier molecular flexibility index (Phi) is 4.50. The highest BCUT2D eigenvalue weighted by molar-refractivity contribution is 5.90. The van der Waals surface area contributed by atoms with Gasteiger partial charge < -0.3 is 14.4 Å². The summed E-state index contributed by atoms with van der Waals surface area (Å²) in [5.41, 5.74) is 0.232. The molecule has 0 radical (unpaired) electrons. The molecule has 2 spiro atoms. The highest BCUT2D eigenvalue weighted by Crippen LogP contribution is 2.72. The monoisotopic (exact) mass is 396 g/mol. The van der Waals surface area contributed by atoms with Crippen molar-refractivity contribution in [1.29, 1.82) is 0 Å². The van der Waals surface area contributed by atoms with Crippen molar-refractivity contribution < 1.29 is 14.3 Å². The van der Waals surface area contributed by atoms with Crippen molar-refractivity contribution in [2.75, 3.05) is 20.2 Å². The first-order valence-electron chi connectivity index (χ1n) is 11.1. The van der Waals surface area contributed by atoms with E-state index in [1.54, 1.807) is 0 Å². The molecule has 4 aliphatic rings. The normalized spacial score (nSPS) is 38.1. The molecule has 2 saturated heterocycles. The SMILES string of the molecule is CC(C)C[C@H]1OC[C@@]23C(=O)N(C)CC[C@@H]2[C@@H]2CCC(OCc4ccccc4)=N[C@@]123. The third kappa shape index (κ3) is 2.56. The molecule has 0 N–H and O–H groups in total. The van der Waals surface area contributed by atoms with Crippen LogP contribution in [0.4, 0.5) is 0 Å². The smallest absolute Gasteiger partial charge is 0.233 e. The fourth-order valence-electron chi connectivity index (χ4n) is 6.64. The van der Waals surface area contributed by atoms with E-state index in [0.717, 1.165) is 43.7 Å². The van der Waals surface area contributed by atoms with E-state index >= 15 is 0 Å². The fourth-order valence-corrected chi connectivity index (χ4v) is 6.64. The number of fused-ring (bicyclic) bond motifs is 1. The van der Waals surface area contributed by atoms with E-state index < -0.39 is 11.0 Å². The molecule has 156 valence electrons. The number of nitrogens with zero attached hydrogens (tertiary/aromatic N) is 2. The summed E-state index contributed by atoms with van der Waals surface area (Å²) < 4.78 is 12.6. The van der Waals surface area contributed by atoms with Crippen LogP contribution in [-0.4, -0.2) is 48.5 Å². The first-order valence-corrected chi connectivity index (χ1v) is 11.1. The number of piperidine rings is 1. The predicted octanol–water partition coefficient (Wildman–Crippen LogP) is 3.67. The maximum atomic E-state index is 13.5. The second-order valence-corrected chi connectivity index (χ2v) is 9.77. The van der Waals surface area contributed by atoms with E-state index in [1.807, 2.05) is 30.1 Å². The number of carbonyl (C=O) groups is 1. The molecular formula is C24H32N2O3. The predicted molar refractivity (Wildman–Crippen MR) is 111 cm³/mol. The van der Waals surface area contributed by atoms with E-state index in [1.165, 1.54) is 0 Å². The van der Waals surface area contributed by atoms with Crippen molar-refractivity contribution >= 4 is 11.8 Å². The lowest BCUT2D eigenvalue weighted by Gasteiger charge is -2.67. The van der Waals surface area contributed by atoms with Gasteiger partial charge in [-0.05, 0) is 42.6 Å². The first kappa shape index (κ1) is 19.1. The van der Waals surface area contributed by atoms with E-state index in [4.69, 9.17) is 14.5 Å². The van der Waals surface area contributed by atoms with Crippen LogP contribution < -0.4 is 0 Å². The van der Waals surface area contributed by atoms with Crippen molar-refractivity contribution in [2.24, 2.45) is 28.2 Å². The molecule has 0 unspecified atom stereocenters. The van der Waals surface area contributed by atoms with Gasteiger partial charge in [-0.15, -0.1) is 0 Å². The lowest BCUT2D eigenvalue weighted by Crippen LogP contribution is -2.79. The van der Waals surface area contributed by atoms with Crippen molar-refractivity contribution in [3.8, 4) is 0 Å². The Hall–Kier alpha value is -1.88. The maximum absolute atomic E-state index is 13.5. The molecule has 3 aliphatic heterocycles. The van der Waals surface area contributed by atoms with Gasteiger partial charge in [0, 0.05) is 20.0 Å². The molecule has 29 heavy (non-hydrogen) atoms. The van der Waals surface area contributed by atoms with Gasteiger partial charge in [0.25, 0.3) is 0 Å². The number of rotatable bonds is 4. The molecule has 1 aromatic rings. The standard InChI is InChI=1S/C24H32N2O3/c1-16(2)13-20-24-19(18-11-12-26(3)22(27)23(18,24)15-29-20)9-10-21(25-24)28-14-17-7-5-4-6-8-17/h4-8,16,18-20H,9-15H2,1-3H3/t18-,19+,20-,23+,24-/m1/s1. The van der Waals surface area contributed by atoms with Crippen LogP contribution in [0.3, 0.4) is 0 Å². The molecule has 1 aliphatic carbocycles. The summed E-state index contributed by atoms with van der Waals surface area (Å²) in [5, 5.41) is 0. The lowest BCUT2D eigenvalue weighted by atomic mass is 9.38. The number of aliphatic imine (C=N–C) groups is 1. The average Bonchev–Trinajstić information content (AvgIpc) is 2.93. The summed E-state index contributed by atoms with van der Waals surface area (Å²) in [5.74, 6) is 2.40. The van der Waals surface area contributed by atoms with Crippen molar-refractivity contribution in [2.45, 2.75) is 57.8 Å². The minimum absolute atomic E-state index is 0.00910. The summed E-state index contributed by atoms with van der Waals surface area (Å²) in [6.07, 6.45) is 3.94. The number of hydrogen-bond donors (Lipinski definition) is 0. The number of ether oxygens (including phenoxy) is 2. The van der Waals surface area contributed by atoms with Gasteiger partial charge in [0.2, 0.25) is 5.91 Å². The second-order valence-electron chi connectivity index (χ2n) is 9.77. The van der Waals surface area contributed by atoms with Gasteiger partial charge >= 0.3 is 0 Å². The number of benzene rings is 1. The van der Waals surface area contributed by atoms with Crippen molar-refractivity contribution in [1.82, 2.24) is 4.90 Å². The molecule has 5 atom stereocenters. The summed E-state index contributed by atoms with van der Waals surface area (Å²) in [4.78, 5) is 20.7. The van der Waals surface area contributed by atoms with E-state index in [-0.39, 0.29) is 12.0 Å². The molecule has 1 saturated carbocycles. The third-order valence-corrected chi connectivity index (χ3v) is 7.82. The quantitative estimate of drug-likeness (QED) is 0.780. The van der Waals surface area contributed by atoms with E-state index in [9.17, 15) is 4.79 Å². The summed E-state index contributed by atoms with van der Waals surface area (Å²) in [6, 6.07) is 10.2. The molecule has 0 aromatic heterocycles. The van der Waals surface area contributed by atoms with Crippen LogP contribution in [0.1, 0.15) is 45.1 Å². The zero-order chi connectivity index (χ0) is 20.2. The second kappa shape index (κ2) is 6.83. The molecule has 0 bridgehead atoms. The van der Waals surface area contributed by atoms with Crippen LogP contribution in [0.15, 0.2) is 35.3 Å². The number of carbonyl (C=O) groups excluding carboxylic acids is 1. The molecule has 1 amide bonds. The van der Waals surface area contributed by atoms with Gasteiger partial charge in [-0.3, -0.25) is 4.79 Å². The molecule has 5 rings (SSSR count). The third-order valence-electron chi connectivity index (χ3n) is 7.82. The van der Waals surface area contributed by atoms with Crippen molar-refractivity contribution in [3.05, 3.63) is 35.9 Å². The molecule has 5 heteroatoms. The van der Waals surface area contributed by atoms with Crippen molar-refractivity contribution in [3.63, 3.8) is 0 Å². The van der Waals surface area contributed by atoms with Crippen LogP contribution in [0.2, 0.25) is 0 Å². The van der Waals surface area contributed by atoms with Crippen LogP contribution in [0.5, 0.6) is 0 Å². The number of amides is 1. The zero-order valence-electron chi connectivity index (χ0n) is 17.8. The summed E-state index contributed by atoms with van der Waals surface area (Å²) in [7, 11) is 1.93. The van der Waals surface area contributed by atoms with Gasteiger partial charge in [-0.25, -0.2) is 4.99 Å². The minimum atomic E-state index is -0.480. The largest absolute Gasteiger partial charge is 0.476 e.